The number of rotatable bonds is 5. The lowest BCUT2D eigenvalue weighted by Gasteiger charge is -2.39. The molecule has 1 unspecified atom stereocenters. The van der Waals surface area contributed by atoms with E-state index in [0.717, 1.165) is 63.8 Å². The number of pyridine rings is 1. The quantitative estimate of drug-likeness (QED) is 0.594. The van der Waals surface area contributed by atoms with E-state index in [4.69, 9.17) is 4.74 Å². The number of carbonyl (C=O) groups excluding carboxylic acids is 1. The van der Waals surface area contributed by atoms with E-state index in [2.05, 4.69) is 25.1 Å². The van der Waals surface area contributed by atoms with Crippen molar-refractivity contribution in [3.8, 4) is 5.88 Å². The number of hydrogen-bond donors (Lipinski definition) is 1. The predicted molar refractivity (Wildman–Crippen MR) is 109 cm³/mol. The molecular formula is C20H32N6O2. The lowest BCUT2D eigenvalue weighted by atomic mass is 10.2. The first-order chi connectivity index (χ1) is 13.6. The van der Waals surface area contributed by atoms with Gasteiger partial charge in [0.2, 0.25) is 11.8 Å². The number of nitrogens with zero attached hydrogens (tertiary/aromatic N) is 5. The fraction of sp³-hybridized carbons (Fsp3) is 0.650. The van der Waals surface area contributed by atoms with Crippen LogP contribution in [0.3, 0.4) is 0 Å². The van der Waals surface area contributed by atoms with Gasteiger partial charge in [-0.25, -0.2) is 4.98 Å². The van der Waals surface area contributed by atoms with Crippen molar-refractivity contribution in [1.29, 1.82) is 0 Å². The summed E-state index contributed by atoms with van der Waals surface area (Å²) < 4.78 is 5.18. The van der Waals surface area contributed by atoms with Gasteiger partial charge in [0, 0.05) is 52.4 Å². The first-order valence-electron chi connectivity index (χ1n) is 10.1. The summed E-state index contributed by atoms with van der Waals surface area (Å²) in [4.78, 5) is 28.0. The Kier molecular flexibility index (Phi) is 7.08. The zero-order valence-corrected chi connectivity index (χ0v) is 17.2. The van der Waals surface area contributed by atoms with E-state index < -0.39 is 0 Å². The van der Waals surface area contributed by atoms with Crippen molar-refractivity contribution >= 4 is 11.9 Å². The Hall–Kier alpha value is -2.35. The number of piperazine rings is 1. The number of ether oxygens (including phenoxy) is 1. The lowest BCUT2D eigenvalue weighted by Crippen LogP contribution is -2.57. The van der Waals surface area contributed by atoms with Crippen molar-refractivity contribution in [1.82, 2.24) is 25.0 Å². The average Bonchev–Trinajstić information content (AvgIpc) is 3.28. The zero-order chi connectivity index (χ0) is 19.9. The molecule has 2 aliphatic rings. The lowest BCUT2D eigenvalue weighted by molar-refractivity contribution is -0.135. The van der Waals surface area contributed by atoms with E-state index in [1.807, 2.05) is 30.0 Å². The third-order valence-electron chi connectivity index (χ3n) is 5.57. The normalized spacial score (nSPS) is 19.6. The smallest absolute Gasteiger partial charge is 0.239 e. The maximum atomic E-state index is 12.6. The third-order valence-corrected chi connectivity index (χ3v) is 5.57. The van der Waals surface area contributed by atoms with Crippen molar-refractivity contribution < 1.29 is 9.53 Å². The number of likely N-dealkylation sites (tertiary alicyclic amines) is 1. The maximum Gasteiger partial charge on any atom is 0.239 e. The number of nitrogens with one attached hydrogen (secondary N) is 1. The molecule has 0 aromatic carbocycles. The Morgan fingerprint density at radius 1 is 1.18 bits per heavy atom. The topological polar surface area (TPSA) is 73.3 Å². The number of guanidine groups is 1. The van der Waals surface area contributed by atoms with Crippen molar-refractivity contribution in [3.05, 3.63) is 23.9 Å². The molecule has 1 aromatic heterocycles. The van der Waals surface area contributed by atoms with Crippen LogP contribution in [0.1, 0.15) is 25.5 Å². The summed E-state index contributed by atoms with van der Waals surface area (Å²) in [5, 5.41) is 3.38. The maximum absolute atomic E-state index is 12.6. The second-order valence-corrected chi connectivity index (χ2v) is 7.30. The second kappa shape index (κ2) is 9.73. The first-order valence-corrected chi connectivity index (χ1v) is 10.1. The summed E-state index contributed by atoms with van der Waals surface area (Å²) in [5.74, 6) is 1.75. The molecule has 2 saturated heterocycles. The Bertz CT molecular complexity index is 681. The molecule has 1 N–H and O–H groups in total. The molecule has 1 amide bonds. The number of hydrogen-bond acceptors (Lipinski definition) is 5. The second-order valence-electron chi connectivity index (χ2n) is 7.30. The van der Waals surface area contributed by atoms with Crippen LogP contribution < -0.4 is 10.1 Å². The molecule has 0 radical (unpaired) electrons. The van der Waals surface area contributed by atoms with E-state index >= 15 is 0 Å². The molecule has 8 nitrogen and oxygen atoms in total. The molecule has 1 aromatic rings. The Morgan fingerprint density at radius 2 is 1.89 bits per heavy atom. The van der Waals surface area contributed by atoms with Crippen LogP contribution in [0.2, 0.25) is 0 Å². The van der Waals surface area contributed by atoms with Gasteiger partial charge in [0.1, 0.15) is 0 Å². The van der Waals surface area contributed by atoms with E-state index in [1.54, 1.807) is 14.2 Å². The van der Waals surface area contributed by atoms with Crippen LogP contribution in [0.25, 0.3) is 0 Å². The van der Waals surface area contributed by atoms with E-state index in [9.17, 15) is 4.79 Å². The molecule has 8 heteroatoms. The van der Waals surface area contributed by atoms with Gasteiger partial charge in [-0.2, -0.15) is 0 Å². The summed E-state index contributed by atoms with van der Waals surface area (Å²) in [6, 6.07) is 5.69. The molecule has 0 saturated carbocycles. The number of methoxy groups -OCH3 is 1. The Balaban J connectivity index is 1.49. The van der Waals surface area contributed by atoms with Crippen LogP contribution in [0.4, 0.5) is 0 Å². The summed E-state index contributed by atoms with van der Waals surface area (Å²) in [5.41, 5.74) is 0.906. The number of carbonyl (C=O) groups is 1. The highest BCUT2D eigenvalue weighted by Crippen LogP contribution is 2.14. The molecule has 154 valence electrons. The highest BCUT2D eigenvalue weighted by Gasteiger charge is 2.30. The van der Waals surface area contributed by atoms with Crippen LogP contribution in [0.15, 0.2) is 23.2 Å². The summed E-state index contributed by atoms with van der Waals surface area (Å²) >= 11 is 0. The molecule has 3 heterocycles. The largest absolute Gasteiger partial charge is 0.481 e. The minimum absolute atomic E-state index is 0.0452. The minimum Gasteiger partial charge on any atom is -0.481 e. The highest BCUT2D eigenvalue weighted by molar-refractivity contribution is 5.82. The molecule has 0 aliphatic carbocycles. The molecule has 28 heavy (non-hydrogen) atoms. The van der Waals surface area contributed by atoms with E-state index in [1.165, 1.54) is 0 Å². The van der Waals surface area contributed by atoms with Gasteiger partial charge in [0.05, 0.1) is 25.4 Å². The third kappa shape index (κ3) is 4.92. The van der Waals surface area contributed by atoms with Crippen LogP contribution in [0, 0.1) is 0 Å². The number of aliphatic imine (C=N–C) groups is 1. The molecule has 0 spiro atoms. The van der Waals surface area contributed by atoms with Gasteiger partial charge in [0.25, 0.3) is 0 Å². The van der Waals surface area contributed by atoms with Crippen molar-refractivity contribution in [2.45, 2.75) is 32.4 Å². The molecule has 1 atom stereocenters. The molecule has 2 aliphatic heterocycles. The number of amides is 1. The first kappa shape index (κ1) is 20.4. The van der Waals surface area contributed by atoms with Crippen molar-refractivity contribution in [2.75, 3.05) is 53.4 Å². The standard InChI is InChI=1S/C20H32N6O2/c1-16(19(27)25-9-4-5-10-25)24-11-13-26(14-12-24)20(21-2)22-15-17-7-6-8-18(23-17)28-3/h6-8,16H,4-5,9-15H2,1-3H3,(H,21,22). The zero-order valence-electron chi connectivity index (χ0n) is 17.2. The van der Waals surface area contributed by atoms with E-state index in [0.29, 0.717) is 12.4 Å². The van der Waals surface area contributed by atoms with Crippen LogP contribution in [-0.4, -0.2) is 91.0 Å². The van der Waals surface area contributed by atoms with Gasteiger partial charge in [-0.3, -0.25) is 14.7 Å². The van der Waals surface area contributed by atoms with Gasteiger partial charge in [-0.15, -0.1) is 0 Å². The highest BCUT2D eigenvalue weighted by atomic mass is 16.5. The predicted octanol–water partition coefficient (Wildman–Crippen LogP) is 0.794. The van der Waals surface area contributed by atoms with Crippen LogP contribution in [0.5, 0.6) is 5.88 Å². The van der Waals surface area contributed by atoms with Gasteiger partial charge >= 0.3 is 0 Å². The van der Waals surface area contributed by atoms with Gasteiger partial charge in [0.15, 0.2) is 5.96 Å². The molecular weight excluding hydrogens is 356 g/mol. The Morgan fingerprint density at radius 3 is 2.54 bits per heavy atom. The van der Waals surface area contributed by atoms with Gasteiger partial charge in [-0.05, 0) is 25.8 Å². The molecule has 3 rings (SSSR count). The SMILES string of the molecule is CN=C(NCc1cccc(OC)n1)N1CCN(C(C)C(=O)N2CCCC2)CC1. The van der Waals surface area contributed by atoms with Crippen molar-refractivity contribution in [3.63, 3.8) is 0 Å². The van der Waals surface area contributed by atoms with Crippen molar-refractivity contribution in [2.24, 2.45) is 4.99 Å². The fourth-order valence-corrected chi connectivity index (χ4v) is 3.85. The monoisotopic (exact) mass is 388 g/mol. The minimum atomic E-state index is -0.0452. The number of aromatic nitrogens is 1. The Labute approximate surface area is 167 Å². The van der Waals surface area contributed by atoms with Gasteiger partial charge < -0.3 is 19.9 Å². The van der Waals surface area contributed by atoms with Gasteiger partial charge in [-0.1, -0.05) is 6.07 Å². The summed E-state index contributed by atoms with van der Waals surface area (Å²) in [6.45, 7) is 7.88. The summed E-state index contributed by atoms with van der Waals surface area (Å²) in [6.07, 6.45) is 2.27. The fourth-order valence-electron chi connectivity index (χ4n) is 3.85. The molecule has 0 bridgehead atoms. The van der Waals surface area contributed by atoms with Crippen LogP contribution >= 0.6 is 0 Å². The van der Waals surface area contributed by atoms with E-state index in [-0.39, 0.29) is 11.9 Å². The average molecular weight is 389 g/mol. The molecule has 2 fully saturated rings. The van der Waals surface area contributed by atoms with Crippen LogP contribution in [-0.2, 0) is 11.3 Å². The summed E-state index contributed by atoms with van der Waals surface area (Å²) in [7, 11) is 3.42.